The van der Waals surface area contributed by atoms with Crippen molar-refractivity contribution in [1.29, 1.82) is 0 Å². The molecule has 0 aliphatic heterocycles. The zero-order chi connectivity index (χ0) is 12.1. The number of hydrogen-bond acceptors (Lipinski definition) is 4. The lowest BCUT2D eigenvalue weighted by Crippen LogP contribution is -2.24. The number of rotatable bonds is 4. The van der Waals surface area contributed by atoms with Crippen LogP contribution in [0.1, 0.15) is 34.1 Å². The SMILES string of the molecule is C=C(CC(=O)OC(C)(C)C)C(=O)OCC. The fraction of sp³-hybridized carbons (Fsp3) is 0.636. The van der Waals surface area contributed by atoms with Gasteiger partial charge in [0.1, 0.15) is 5.60 Å². The molecule has 0 atom stereocenters. The maximum atomic E-state index is 11.3. The maximum Gasteiger partial charge on any atom is 0.333 e. The molecule has 0 spiro atoms. The zero-order valence-electron chi connectivity index (χ0n) is 9.75. The Hall–Kier alpha value is -1.32. The molecule has 4 heteroatoms. The van der Waals surface area contributed by atoms with Gasteiger partial charge >= 0.3 is 11.9 Å². The van der Waals surface area contributed by atoms with Crippen LogP contribution in [0.5, 0.6) is 0 Å². The summed E-state index contributed by atoms with van der Waals surface area (Å²) in [6, 6.07) is 0. The molecular formula is C11H18O4. The number of hydrogen-bond donors (Lipinski definition) is 0. The Balaban J connectivity index is 4.08. The van der Waals surface area contributed by atoms with Gasteiger partial charge in [0.25, 0.3) is 0 Å². The third-order valence-electron chi connectivity index (χ3n) is 1.34. The lowest BCUT2D eigenvalue weighted by molar-refractivity contribution is -0.155. The average molecular weight is 214 g/mol. The van der Waals surface area contributed by atoms with Crippen molar-refractivity contribution in [2.75, 3.05) is 6.61 Å². The second kappa shape index (κ2) is 5.53. The van der Waals surface area contributed by atoms with Gasteiger partial charge in [-0.2, -0.15) is 0 Å². The Bertz CT molecular complexity index is 260. The van der Waals surface area contributed by atoms with Crippen molar-refractivity contribution in [2.24, 2.45) is 0 Å². The van der Waals surface area contributed by atoms with Gasteiger partial charge in [0.05, 0.1) is 13.0 Å². The Morgan fingerprint density at radius 2 is 1.80 bits per heavy atom. The van der Waals surface area contributed by atoms with E-state index in [1.54, 1.807) is 27.7 Å². The summed E-state index contributed by atoms with van der Waals surface area (Å²) in [5, 5.41) is 0. The van der Waals surface area contributed by atoms with Crippen LogP contribution in [0.4, 0.5) is 0 Å². The highest BCUT2D eigenvalue weighted by molar-refractivity contribution is 5.93. The van der Waals surface area contributed by atoms with Gasteiger partial charge in [0.15, 0.2) is 0 Å². The lowest BCUT2D eigenvalue weighted by atomic mass is 10.2. The molecule has 86 valence electrons. The first-order valence-corrected chi connectivity index (χ1v) is 4.83. The Kier molecular flexibility index (Phi) is 5.05. The zero-order valence-corrected chi connectivity index (χ0v) is 9.75. The van der Waals surface area contributed by atoms with Crippen LogP contribution in [-0.2, 0) is 19.1 Å². The van der Waals surface area contributed by atoms with Gasteiger partial charge in [-0.15, -0.1) is 0 Å². The van der Waals surface area contributed by atoms with E-state index in [9.17, 15) is 9.59 Å². The summed E-state index contributed by atoms with van der Waals surface area (Å²) in [7, 11) is 0. The fourth-order valence-electron chi connectivity index (χ4n) is 0.857. The van der Waals surface area contributed by atoms with E-state index >= 15 is 0 Å². The van der Waals surface area contributed by atoms with Crippen molar-refractivity contribution in [1.82, 2.24) is 0 Å². The van der Waals surface area contributed by atoms with Gasteiger partial charge in [-0.1, -0.05) is 6.58 Å². The van der Waals surface area contributed by atoms with Gasteiger partial charge in [0.2, 0.25) is 0 Å². The molecule has 0 aliphatic carbocycles. The second-order valence-electron chi connectivity index (χ2n) is 4.09. The van der Waals surface area contributed by atoms with Gasteiger partial charge < -0.3 is 9.47 Å². The molecule has 0 bridgehead atoms. The van der Waals surface area contributed by atoms with E-state index < -0.39 is 17.5 Å². The molecule has 0 saturated heterocycles. The van der Waals surface area contributed by atoms with Gasteiger partial charge in [-0.05, 0) is 27.7 Å². The van der Waals surface area contributed by atoms with Crippen molar-refractivity contribution >= 4 is 11.9 Å². The van der Waals surface area contributed by atoms with Crippen LogP contribution in [0, 0.1) is 0 Å². The van der Waals surface area contributed by atoms with E-state index in [0.717, 1.165) is 0 Å². The predicted molar refractivity (Wildman–Crippen MR) is 56.2 cm³/mol. The lowest BCUT2D eigenvalue weighted by Gasteiger charge is -2.19. The summed E-state index contributed by atoms with van der Waals surface area (Å²) in [5.74, 6) is -1.02. The van der Waals surface area contributed by atoms with E-state index in [1.807, 2.05) is 0 Å². The molecule has 0 fully saturated rings. The fourth-order valence-corrected chi connectivity index (χ4v) is 0.857. The molecule has 4 nitrogen and oxygen atoms in total. The largest absolute Gasteiger partial charge is 0.463 e. The first kappa shape index (κ1) is 13.7. The van der Waals surface area contributed by atoms with Gasteiger partial charge in [-0.25, -0.2) is 4.79 Å². The van der Waals surface area contributed by atoms with Gasteiger partial charge in [-0.3, -0.25) is 4.79 Å². The van der Waals surface area contributed by atoms with E-state index in [2.05, 4.69) is 11.3 Å². The van der Waals surface area contributed by atoms with E-state index in [0.29, 0.717) is 0 Å². The van der Waals surface area contributed by atoms with E-state index in [4.69, 9.17) is 4.74 Å². The highest BCUT2D eigenvalue weighted by Crippen LogP contribution is 2.11. The molecule has 0 amide bonds. The number of esters is 2. The second-order valence-corrected chi connectivity index (χ2v) is 4.09. The van der Waals surface area contributed by atoms with E-state index in [1.165, 1.54) is 0 Å². The third-order valence-corrected chi connectivity index (χ3v) is 1.34. The first-order chi connectivity index (χ1) is 6.76. The molecule has 0 aromatic carbocycles. The van der Waals surface area contributed by atoms with Crippen molar-refractivity contribution < 1.29 is 19.1 Å². The van der Waals surface area contributed by atoms with Crippen LogP contribution in [-0.4, -0.2) is 24.1 Å². The maximum absolute atomic E-state index is 11.3. The van der Waals surface area contributed by atoms with E-state index in [-0.39, 0.29) is 18.6 Å². The Labute approximate surface area is 90.2 Å². The smallest absolute Gasteiger partial charge is 0.333 e. The molecular weight excluding hydrogens is 196 g/mol. The Morgan fingerprint density at radius 3 is 2.20 bits per heavy atom. The average Bonchev–Trinajstić information content (AvgIpc) is 2.00. The third kappa shape index (κ3) is 6.71. The van der Waals surface area contributed by atoms with Crippen molar-refractivity contribution in [2.45, 2.75) is 39.7 Å². The minimum Gasteiger partial charge on any atom is -0.463 e. The molecule has 0 saturated carbocycles. The van der Waals surface area contributed by atoms with Crippen LogP contribution in [0.15, 0.2) is 12.2 Å². The van der Waals surface area contributed by atoms with Crippen LogP contribution < -0.4 is 0 Å². The highest BCUT2D eigenvalue weighted by atomic mass is 16.6. The molecule has 0 radical (unpaired) electrons. The van der Waals surface area contributed by atoms with Crippen molar-refractivity contribution in [3.63, 3.8) is 0 Å². The number of carbonyl (C=O) groups is 2. The number of ether oxygens (including phenoxy) is 2. The highest BCUT2D eigenvalue weighted by Gasteiger charge is 2.19. The summed E-state index contributed by atoms with van der Waals surface area (Å²) < 4.78 is 9.72. The molecule has 0 N–H and O–H groups in total. The quantitative estimate of drug-likeness (QED) is 0.529. The summed E-state index contributed by atoms with van der Waals surface area (Å²) in [5.41, 5.74) is -0.433. The standard InChI is InChI=1S/C11H18O4/c1-6-14-10(13)8(2)7-9(12)15-11(3,4)5/h2,6-7H2,1,3-5H3. The monoisotopic (exact) mass is 214 g/mol. The minimum atomic E-state index is -0.552. The number of carbonyl (C=O) groups excluding carboxylic acids is 2. The van der Waals surface area contributed by atoms with Crippen LogP contribution in [0.2, 0.25) is 0 Å². The topological polar surface area (TPSA) is 52.6 Å². The van der Waals surface area contributed by atoms with Crippen molar-refractivity contribution in [3.8, 4) is 0 Å². The molecule has 0 aliphatic rings. The minimum absolute atomic E-state index is 0.117. The van der Waals surface area contributed by atoms with Crippen molar-refractivity contribution in [3.05, 3.63) is 12.2 Å². The Morgan fingerprint density at radius 1 is 1.27 bits per heavy atom. The molecule has 15 heavy (non-hydrogen) atoms. The van der Waals surface area contributed by atoms with Crippen LogP contribution >= 0.6 is 0 Å². The molecule has 0 unspecified atom stereocenters. The van der Waals surface area contributed by atoms with Crippen LogP contribution in [0.25, 0.3) is 0 Å². The summed E-state index contributed by atoms with van der Waals surface area (Å²) >= 11 is 0. The summed E-state index contributed by atoms with van der Waals surface area (Å²) in [6.45, 7) is 10.7. The molecule has 0 rings (SSSR count). The molecule has 0 heterocycles. The van der Waals surface area contributed by atoms with Gasteiger partial charge in [0, 0.05) is 5.57 Å². The normalized spacial score (nSPS) is 10.7. The first-order valence-electron chi connectivity index (χ1n) is 4.83. The molecule has 0 aromatic heterocycles. The summed E-state index contributed by atoms with van der Waals surface area (Å²) in [4.78, 5) is 22.4. The predicted octanol–water partition coefficient (Wildman–Crippen LogP) is 1.84. The summed E-state index contributed by atoms with van der Waals surface area (Å²) in [6.07, 6.45) is -0.129. The molecule has 0 aromatic rings. The van der Waals surface area contributed by atoms with Crippen LogP contribution in [0.3, 0.4) is 0 Å².